The van der Waals surface area contributed by atoms with Crippen LogP contribution in [0.15, 0.2) is 58.3 Å². The summed E-state index contributed by atoms with van der Waals surface area (Å²) >= 11 is 0. The van der Waals surface area contributed by atoms with E-state index >= 15 is 0 Å². The lowest BCUT2D eigenvalue weighted by Gasteiger charge is -2.35. The maximum absolute atomic E-state index is 12.3. The van der Waals surface area contributed by atoms with E-state index in [1.165, 1.54) is 24.3 Å². The Labute approximate surface area is 238 Å². The van der Waals surface area contributed by atoms with E-state index in [9.17, 15) is 21.9 Å². The van der Waals surface area contributed by atoms with Gasteiger partial charge in [0.15, 0.2) is 24.8 Å². The molecule has 5 heterocycles. The number of ether oxygens (including phenoxy) is 5. The molecule has 0 aliphatic carbocycles. The fourth-order valence-electron chi connectivity index (χ4n) is 5.22. The van der Waals surface area contributed by atoms with Crippen molar-refractivity contribution < 1.29 is 54.0 Å². The van der Waals surface area contributed by atoms with E-state index in [0.29, 0.717) is 13.2 Å². The SMILES string of the molecule is Cc1ccc(S(=O)(=O)OC2C3OCC(O3)C(C)C2O)cc1.Cc1ccc(S(=O)(=O)OC2C3OCC(O3)C3OC32)cc1. The Morgan fingerprint density at radius 1 is 0.683 bits per heavy atom. The minimum Gasteiger partial charge on any atom is -0.390 e. The van der Waals surface area contributed by atoms with Crippen LogP contribution in [-0.4, -0.2) is 90.5 Å². The molecule has 2 aromatic rings. The van der Waals surface area contributed by atoms with Crippen LogP contribution in [0, 0.1) is 19.8 Å². The maximum atomic E-state index is 12.3. The summed E-state index contributed by atoms with van der Waals surface area (Å²) in [7, 11) is -7.82. The second kappa shape index (κ2) is 10.9. The van der Waals surface area contributed by atoms with Crippen molar-refractivity contribution in [1.82, 2.24) is 0 Å². The first-order valence-electron chi connectivity index (χ1n) is 13.3. The zero-order valence-corrected chi connectivity index (χ0v) is 24.2. The molecule has 41 heavy (non-hydrogen) atoms. The smallest absolute Gasteiger partial charge is 0.297 e. The second-order valence-corrected chi connectivity index (χ2v) is 14.0. The molecule has 1 N–H and O–H groups in total. The zero-order chi connectivity index (χ0) is 29.1. The number of rotatable bonds is 6. The van der Waals surface area contributed by atoms with E-state index in [1.807, 2.05) is 13.8 Å². The van der Waals surface area contributed by atoms with E-state index in [-0.39, 0.29) is 40.1 Å². The van der Waals surface area contributed by atoms with Gasteiger partial charge >= 0.3 is 0 Å². The quantitative estimate of drug-likeness (QED) is 0.370. The largest absolute Gasteiger partial charge is 0.390 e. The normalized spacial score (nSPS) is 37.2. The zero-order valence-electron chi connectivity index (χ0n) is 22.6. The molecule has 5 saturated heterocycles. The number of fused-ring (bicyclic) bond motifs is 6. The molecule has 0 spiro atoms. The van der Waals surface area contributed by atoms with Crippen molar-refractivity contribution >= 4 is 20.2 Å². The molecule has 224 valence electrons. The molecular weight excluding hydrogens is 580 g/mol. The average molecular weight is 613 g/mol. The molecule has 4 bridgehead atoms. The van der Waals surface area contributed by atoms with Gasteiger partial charge in [0, 0.05) is 5.92 Å². The van der Waals surface area contributed by atoms with E-state index in [0.717, 1.165) is 11.1 Å². The van der Waals surface area contributed by atoms with Gasteiger partial charge in [0.2, 0.25) is 0 Å². The molecule has 10 atom stereocenters. The van der Waals surface area contributed by atoms with Gasteiger partial charge in [0.05, 0.1) is 35.2 Å². The predicted molar refractivity (Wildman–Crippen MR) is 140 cm³/mol. The second-order valence-electron chi connectivity index (χ2n) is 10.8. The van der Waals surface area contributed by atoms with Gasteiger partial charge < -0.3 is 28.8 Å². The summed E-state index contributed by atoms with van der Waals surface area (Å²) in [6, 6.07) is 12.8. The Kier molecular flexibility index (Phi) is 7.77. The summed E-state index contributed by atoms with van der Waals surface area (Å²) in [5, 5.41) is 10.2. The van der Waals surface area contributed by atoms with Gasteiger partial charge in [-0.25, -0.2) is 0 Å². The highest BCUT2D eigenvalue weighted by molar-refractivity contribution is 7.87. The Bertz CT molecular complexity index is 1460. The summed E-state index contributed by atoms with van der Waals surface area (Å²) in [5.74, 6) is -0.248. The molecule has 5 aliphatic heterocycles. The summed E-state index contributed by atoms with van der Waals surface area (Å²) in [4.78, 5) is 0.175. The van der Waals surface area contributed by atoms with E-state index in [4.69, 9.17) is 32.1 Å². The number of epoxide rings is 1. The van der Waals surface area contributed by atoms with Crippen molar-refractivity contribution in [2.75, 3.05) is 13.2 Å². The molecule has 7 rings (SSSR count). The fraction of sp³-hybridized carbons (Fsp3) is 0.556. The molecule has 10 unspecified atom stereocenters. The van der Waals surface area contributed by atoms with Gasteiger partial charge in [0.25, 0.3) is 20.2 Å². The van der Waals surface area contributed by atoms with Crippen LogP contribution in [0.1, 0.15) is 18.1 Å². The summed E-state index contributed by atoms with van der Waals surface area (Å²) < 4.78 is 86.8. The van der Waals surface area contributed by atoms with Crippen LogP contribution in [0.4, 0.5) is 0 Å². The molecule has 2 aromatic carbocycles. The average Bonchev–Trinajstić information content (AvgIpc) is 3.41. The molecule has 0 amide bonds. The lowest BCUT2D eigenvalue weighted by Crippen LogP contribution is -2.51. The van der Waals surface area contributed by atoms with E-state index < -0.39 is 51.1 Å². The topological polar surface area (TPSA) is 156 Å². The van der Waals surface area contributed by atoms with E-state index in [1.54, 1.807) is 31.2 Å². The summed E-state index contributed by atoms with van der Waals surface area (Å²) in [5.41, 5.74) is 1.93. The number of aryl methyl sites for hydroxylation is 2. The van der Waals surface area contributed by atoms with Gasteiger partial charge in [-0.15, -0.1) is 0 Å². The van der Waals surface area contributed by atoms with Gasteiger partial charge in [-0.3, -0.25) is 8.37 Å². The standard InChI is InChI=1S/C14H18O6S.C13H14O6S/c1-8-3-5-10(6-4-8)21(16,17)20-13-12(15)9(2)11-7-18-14(13)19-11;1-7-2-4-8(5-3-7)20(14,15)19-12-11-10(18-11)9-6-16-13(12)17-9/h3-6,9,11-15H,7H2,1-2H3;2-5,9-13H,6H2,1H3. The molecule has 5 fully saturated rings. The van der Waals surface area contributed by atoms with Crippen molar-refractivity contribution in [2.24, 2.45) is 5.92 Å². The van der Waals surface area contributed by atoms with Crippen LogP contribution in [0.5, 0.6) is 0 Å². The highest BCUT2D eigenvalue weighted by Gasteiger charge is 2.63. The molecule has 5 aliphatic rings. The van der Waals surface area contributed by atoms with Crippen molar-refractivity contribution in [3.05, 3.63) is 59.7 Å². The first kappa shape index (κ1) is 29.1. The van der Waals surface area contributed by atoms with Crippen LogP contribution in [0.3, 0.4) is 0 Å². The first-order valence-corrected chi connectivity index (χ1v) is 16.1. The number of aliphatic hydroxyl groups is 1. The Morgan fingerprint density at radius 2 is 1.15 bits per heavy atom. The first-order chi connectivity index (χ1) is 19.4. The lowest BCUT2D eigenvalue weighted by molar-refractivity contribution is -0.200. The minimum atomic E-state index is -3.98. The third-order valence-corrected chi connectivity index (χ3v) is 10.5. The summed E-state index contributed by atoms with van der Waals surface area (Å²) in [6.07, 6.45) is -4.90. The predicted octanol–water partition coefficient (Wildman–Crippen LogP) is 1.41. The van der Waals surface area contributed by atoms with Gasteiger partial charge in [0.1, 0.15) is 18.3 Å². The highest BCUT2D eigenvalue weighted by Crippen LogP contribution is 2.44. The van der Waals surface area contributed by atoms with Gasteiger partial charge in [-0.2, -0.15) is 16.8 Å². The van der Waals surface area contributed by atoms with Crippen molar-refractivity contribution in [1.29, 1.82) is 0 Å². The summed E-state index contributed by atoms with van der Waals surface area (Å²) in [6.45, 7) is 6.31. The third kappa shape index (κ3) is 5.83. The highest BCUT2D eigenvalue weighted by atomic mass is 32.2. The van der Waals surface area contributed by atoms with Crippen LogP contribution >= 0.6 is 0 Å². The minimum absolute atomic E-state index is 0.0491. The lowest BCUT2D eigenvalue weighted by atomic mass is 9.93. The van der Waals surface area contributed by atoms with Gasteiger partial charge in [-0.1, -0.05) is 42.3 Å². The van der Waals surface area contributed by atoms with Crippen LogP contribution < -0.4 is 0 Å². The molecule has 0 aromatic heterocycles. The fourth-order valence-corrected chi connectivity index (χ4v) is 7.38. The van der Waals surface area contributed by atoms with Gasteiger partial charge in [-0.05, 0) is 38.1 Å². The molecule has 0 saturated carbocycles. The van der Waals surface area contributed by atoms with Crippen molar-refractivity contribution in [3.8, 4) is 0 Å². The van der Waals surface area contributed by atoms with Crippen LogP contribution in [-0.2, 0) is 52.3 Å². The third-order valence-electron chi connectivity index (χ3n) is 7.81. The maximum Gasteiger partial charge on any atom is 0.297 e. The molecule has 0 radical (unpaired) electrons. The number of hydrogen-bond donors (Lipinski definition) is 1. The number of benzene rings is 2. The Balaban J connectivity index is 0.000000148. The van der Waals surface area contributed by atoms with Crippen molar-refractivity contribution in [2.45, 2.75) is 85.9 Å². The molecular formula is C27H32O12S2. The molecule has 12 nitrogen and oxygen atoms in total. The number of aliphatic hydroxyl groups excluding tert-OH is 1. The Hall–Kier alpha value is -1.98. The Morgan fingerprint density at radius 3 is 1.71 bits per heavy atom. The molecule has 14 heteroatoms. The monoisotopic (exact) mass is 612 g/mol. The van der Waals surface area contributed by atoms with Crippen LogP contribution in [0.2, 0.25) is 0 Å². The number of hydrogen-bond acceptors (Lipinski definition) is 12. The van der Waals surface area contributed by atoms with Crippen molar-refractivity contribution in [3.63, 3.8) is 0 Å². The van der Waals surface area contributed by atoms with Crippen LogP contribution in [0.25, 0.3) is 0 Å². The van der Waals surface area contributed by atoms with E-state index in [2.05, 4.69) is 0 Å².